The molecular formula is C20H29NO. The molecule has 0 spiro atoms. The zero-order chi connectivity index (χ0) is 15.2. The highest BCUT2D eigenvalue weighted by Crippen LogP contribution is 2.65. The van der Waals surface area contributed by atoms with Gasteiger partial charge < -0.3 is 10.4 Å². The highest BCUT2D eigenvalue weighted by molar-refractivity contribution is 5.32. The Labute approximate surface area is 134 Å². The van der Waals surface area contributed by atoms with Crippen molar-refractivity contribution in [3.63, 3.8) is 0 Å². The van der Waals surface area contributed by atoms with E-state index in [2.05, 4.69) is 36.5 Å². The summed E-state index contributed by atoms with van der Waals surface area (Å²) in [6.45, 7) is 4.29. The molecule has 0 radical (unpaired) electrons. The van der Waals surface area contributed by atoms with E-state index >= 15 is 0 Å². The van der Waals surface area contributed by atoms with E-state index in [0.29, 0.717) is 10.8 Å². The minimum absolute atomic E-state index is 0.256. The number of aliphatic hydroxyl groups is 1. The van der Waals surface area contributed by atoms with Gasteiger partial charge in [-0.15, -0.1) is 0 Å². The van der Waals surface area contributed by atoms with Crippen LogP contribution in [0.15, 0.2) is 24.3 Å². The molecule has 0 amide bonds. The van der Waals surface area contributed by atoms with E-state index in [4.69, 9.17) is 5.11 Å². The van der Waals surface area contributed by atoms with E-state index in [9.17, 15) is 0 Å². The second-order valence-corrected chi connectivity index (χ2v) is 8.51. The molecule has 22 heavy (non-hydrogen) atoms. The molecule has 2 N–H and O–H groups in total. The molecule has 120 valence electrons. The van der Waals surface area contributed by atoms with Crippen LogP contribution in [0.5, 0.6) is 0 Å². The van der Waals surface area contributed by atoms with Crippen molar-refractivity contribution in [2.75, 3.05) is 19.7 Å². The molecule has 2 atom stereocenters. The summed E-state index contributed by atoms with van der Waals surface area (Å²) in [5, 5.41) is 12.6. The normalized spacial score (nSPS) is 39.4. The molecule has 0 aliphatic heterocycles. The summed E-state index contributed by atoms with van der Waals surface area (Å²) < 4.78 is 0. The highest BCUT2D eigenvalue weighted by Gasteiger charge is 2.57. The monoisotopic (exact) mass is 299 g/mol. The summed E-state index contributed by atoms with van der Waals surface area (Å²) in [7, 11) is 0. The van der Waals surface area contributed by atoms with Crippen LogP contribution < -0.4 is 5.32 Å². The van der Waals surface area contributed by atoms with Crippen LogP contribution in [0.3, 0.4) is 0 Å². The van der Waals surface area contributed by atoms with Gasteiger partial charge in [0.05, 0.1) is 6.61 Å². The lowest BCUT2D eigenvalue weighted by Gasteiger charge is -2.62. The fourth-order valence-electron chi connectivity index (χ4n) is 6.34. The van der Waals surface area contributed by atoms with Crippen molar-refractivity contribution in [2.24, 2.45) is 17.3 Å². The van der Waals surface area contributed by atoms with Gasteiger partial charge in [0, 0.05) is 13.1 Å². The smallest absolute Gasteiger partial charge is 0.0555 e. The lowest BCUT2D eigenvalue weighted by Crippen LogP contribution is -2.57. The van der Waals surface area contributed by atoms with Crippen LogP contribution in [0.2, 0.25) is 0 Å². The quantitative estimate of drug-likeness (QED) is 0.817. The first-order valence-electron chi connectivity index (χ1n) is 9.02. The van der Waals surface area contributed by atoms with Crippen molar-refractivity contribution in [1.82, 2.24) is 5.32 Å². The van der Waals surface area contributed by atoms with Gasteiger partial charge in [-0.2, -0.15) is 0 Å². The van der Waals surface area contributed by atoms with Crippen LogP contribution in [-0.4, -0.2) is 24.8 Å². The Bertz CT molecular complexity index is 521. The Hall–Kier alpha value is -0.860. The van der Waals surface area contributed by atoms with Crippen LogP contribution in [0.25, 0.3) is 0 Å². The molecule has 2 nitrogen and oxygen atoms in total. The van der Waals surface area contributed by atoms with E-state index < -0.39 is 0 Å². The summed E-state index contributed by atoms with van der Waals surface area (Å²) in [6, 6.07) is 9.39. The van der Waals surface area contributed by atoms with Gasteiger partial charge >= 0.3 is 0 Å². The maximum atomic E-state index is 9.07. The van der Waals surface area contributed by atoms with E-state index in [1.807, 2.05) is 0 Å². The van der Waals surface area contributed by atoms with Crippen LogP contribution in [0, 0.1) is 24.2 Å². The van der Waals surface area contributed by atoms with Crippen LogP contribution in [0.4, 0.5) is 0 Å². The first-order valence-corrected chi connectivity index (χ1v) is 9.02. The van der Waals surface area contributed by atoms with E-state index in [1.54, 1.807) is 5.56 Å². The molecule has 4 saturated carbocycles. The molecule has 5 rings (SSSR count). The maximum absolute atomic E-state index is 9.07. The van der Waals surface area contributed by atoms with Crippen LogP contribution in [-0.2, 0) is 5.41 Å². The molecule has 1 aromatic carbocycles. The second kappa shape index (κ2) is 5.35. The minimum Gasteiger partial charge on any atom is -0.395 e. The molecule has 2 heteroatoms. The third-order valence-corrected chi connectivity index (χ3v) is 6.63. The van der Waals surface area contributed by atoms with Crippen molar-refractivity contribution in [3.8, 4) is 0 Å². The number of nitrogens with one attached hydrogen (secondary N) is 1. The van der Waals surface area contributed by atoms with Gasteiger partial charge in [-0.1, -0.05) is 29.8 Å². The zero-order valence-corrected chi connectivity index (χ0v) is 13.8. The van der Waals surface area contributed by atoms with Crippen LogP contribution in [0.1, 0.15) is 49.7 Å². The molecule has 0 heterocycles. The molecule has 1 aromatic rings. The fourth-order valence-corrected chi connectivity index (χ4v) is 6.34. The van der Waals surface area contributed by atoms with Crippen molar-refractivity contribution in [1.29, 1.82) is 0 Å². The van der Waals surface area contributed by atoms with Gasteiger partial charge in [-0.25, -0.2) is 0 Å². The molecule has 4 aliphatic rings. The zero-order valence-electron chi connectivity index (χ0n) is 13.8. The number of aryl methyl sites for hydroxylation is 1. The van der Waals surface area contributed by atoms with Gasteiger partial charge in [0.15, 0.2) is 0 Å². The third-order valence-electron chi connectivity index (χ3n) is 6.63. The second-order valence-electron chi connectivity index (χ2n) is 8.51. The Kier molecular flexibility index (Phi) is 3.58. The van der Waals surface area contributed by atoms with Crippen molar-refractivity contribution >= 4 is 0 Å². The average molecular weight is 299 g/mol. The van der Waals surface area contributed by atoms with Gasteiger partial charge in [0.1, 0.15) is 0 Å². The predicted octanol–water partition coefficient (Wildman–Crippen LogP) is 3.41. The third kappa shape index (κ3) is 2.41. The number of benzene rings is 1. The molecule has 4 aliphatic carbocycles. The molecule has 0 saturated heterocycles. The summed E-state index contributed by atoms with van der Waals surface area (Å²) in [6.07, 6.45) is 8.47. The Morgan fingerprint density at radius 1 is 1.09 bits per heavy atom. The average Bonchev–Trinajstić information content (AvgIpc) is 2.46. The van der Waals surface area contributed by atoms with Gasteiger partial charge in [-0.05, 0) is 73.7 Å². The minimum atomic E-state index is 0.256. The first kappa shape index (κ1) is 14.7. The first-order chi connectivity index (χ1) is 10.6. The molecule has 4 fully saturated rings. The largest absolute Gasteiger partial charge is 0.395 e. The van der Waals surface area contributed by atoms with Crippen molar-refractivity contribution in [3.05, 3.63) is 35.4 Å². The number of hydrogen-bond acceptors (Lipinski definition) is 2. The SMILES string of the molecule is Cc1ccc(C23C[C@H]4C[C@@H](CC(CNCCO)(C4)C2)C3)cc1. The predicted molar refractivity (Wildman–Crippen MR) is 89.9 cm³/mol. The van der Waals surface area contributed by atoms with Gasteiger partial charge in [-0.3, -0.25) is 0 Å². The van der Waals surface area contributed by atoms with Crippen LogP contribution >= 0.6 is 0 Å². The Morgan fingerprint density at radius 2 is 1.77 bits per heavy atom. The highest BCUT2D eigenvalue weighted by atomic mass is 16.3. The molecule has 4 bridgehead atoms. The lowest BCUT2D eigenvalue weighted by molar-refractivity contribution is -0.0708. The standard InChI is InChI=1S/C20H29NO/c1-15-2-4-18(5-3-15)20-11-16-8-17(12-20)10-19(9-16,13-20)14-21-6-7-22/h2-5,16-17,21-22H,6-14H2,1H3/t16-,17-,19?,20?/m0/s1. The lowest BCUT2D eigenvalue weighted by atomic mass is 9.43. The maximum Gasteiger partial charge on any atom is 0.0555 e. The molecule has 0 unspecified atom stereocenters. The summed E-state index contributed by atoms with van der Waals surface area (Å²) in [4.78, 5) is 0. The molecular weight excluding hydrogens is 270 g/mol. The summed E-state index contributed by atoms with van der Waals surface area (Å²) in [5.41, 5.74) is 3.90. The Balaban J connectivity index is 1.62. The van der Waals surface area contributed by atoms with Gasteiger partial charge in [0.2, 0.25) is 0 Å². The topological polar surface area (TPSA) is 32.3 Å². The summed E-state index contributed by atoms with van der Waals surface area (Å²) in [5.74, 6) is 1.86. The molecule has 0 aromatic heterocycles. The number of hydrogen-bond donors (Lipinski definition) is 2. The fraction of sp³-hybridized carbons (Fsp3) is 0.700. The Morgan fingerprint density at radius 3 is 2.41 bits per heavy atom. The van der Waals surface area contributed by atoms with E-state index in [1.165, 1.54) is 44.1 Å². The number of aliphatic hydroxyl groups excluding tert-OH is 1. The van der Waals surface area contributed by atoms with Crippen molar-refractivity contribution < 1.29 is 5.11 Å². The summed E-state index contributed by atoms with van der Waals surface area (Å²) >= 11 is 0. The van der Waals surface area contributed by atoms with Gasteiger partial charge in [0.25, 0.3) is 0 Å². The van der Waals surface area contributed by atoms with E-state index in [0.717, 1.165) is 24.9 Å². The number of rotatable bonds is 5. The van der Waals surface area contributed by atoms with E-state index in [-0.39, 0.29) is 6.61 Å². The van der Waals surface area contributed by atoms with Crippen molar-refractivity contribution in [2.45, 2.75) is 50.9 Å².